The third kappa shape index (κ3) is 2.94. The van der Waals surface area contributed by atoms with E-state index in [9.17, 15) is 19.1 Å². The molecule has 3 aromatic rings. The first-order valence-electron chi connectivity index (χ1n) is 8.23. The molecule has 0 unspecified atom stereocenters. The van der Waals surface area contributed by atoms with Crippen molar-refractivity contribution in [1.29, 1.82) is 0 Å². The SMILES string of the molecule is O=C(C1=C(O)C(=O)N(c2ccccc2)[C@@H]1c1ccc(F)cc1)c1cccs1. The van der Waals surface area contributed by atoms with Gasteiger partial charge >= 0.3 is 0 Å². The van der Waals surface area contributed by atoms with E-state index >= 15 is 0 Å². The molecule has 2 aromatic carbocycles. The van der Waals surface area contributed by atoms with Gasteiger partial charge in [0.05, 0.1) is 16.5 Å². The van der Waals surface area contributed by atoms with Crippen LogP contribution in [-0.2, 0) is 4.79 Å². The van der Waals surface area contributed by atoms with Crippen LogP contribution in [0.25, 0.3) is 0 Å². The summed E-state index contributed by atoms with van der Waals surface area (Å²) >= 11 is 1.23. The van der Waals surface area contributed by atoms with E-state index in [1.54, 1.807) is 41.8 Å². The van der Waals surface area contributed by atoms with Crippen LogP contribution in [0.4, 0.5) is 10.1 Å². The number of carbonyl (C=O) groups is 2. The fourth-order valence-corrected chi connectivity index (χ4v) is 3.87. The molecule has 1 aliphatic heterocycles. The first kappa shape index (κ1) is 17.2. The molecule has 4 rings (SSSR count). The number of carbonyl (C=O) groups excluding carboxylic acids is 2. The summed E-state index contributed by atoms with van der Waals surface area (Å²) in [4.78, 5) is 27.7. The van der Waals surface area contributed by atoms with E-state index in [-0.39, 0.29) is 5.57 Å². The van der Waals surface area contributed by atoms with Gasteiger partial charge in [-0.25, -0.2) is 4.39 Å². The van der Waals surface area contributed by atoms with Gasteiger partial charge in [-0.2, -0.15) is 0 Å². The van der Waals surface area contributed by atoms with Crippen LogP contribution in [0.2, 0.25) is 0 Å². The van der Waals surface area contributed by atoms with Crippen molar-refractivity contribution >= 4 is 28.7 Å². The molecule has 0 spiro atoms. The normalized spacial score (nSPS) is 16.9. The number of aliphatic hydroxyl groups is 1. The van der Waals surface area contributed by atoms with Gasteiger partial charge in [-0.05, 0) is 41.3 Å². The Bertz CT molecular complexity index is 1030. The van der Waals surface area contributed by atoms with E-state index in [0.717, 1.165) is 0 Å². The lowest BCUT2D eigenvalue weighted by Gasteiger charge is -2.26. The van der Waals surface area contributed by atoms with E-state index in [0.29, 0.717) is 16.1 Å². The maximum Gasteiger partial charge on any atom is 0.294 e. The second-order valence-corrected chi connectivity index (χ2v) is 6.98. The summed E-state index contributed by atoms with van der Waals surface area (Å²) in [7, 11) is 0. The Kier molecular flexibility index (Phi) is 4.33. The minimum atomic E-state index is -0.838. The van der Waals surface area contributed by atoms with Gasteiger partial charge in [-0.15, -0.1) is 11.3 Å². The number of hydrogen-bond donors (Lipinski definition) is 1. The number of thiophene rings is 1. The van der Waals surface area contributed by atoms with Crippen molar-refractivity contribution in [2.75, 3.05) is 4.90 Å². The molecule has 0 aliphatic carbocycles. The molecule has 1 amide bonds. The van der Waals surface area contributed by atoms with E-state index in [2.05, 4.69) is 0 Å². The molecule has 2 heterocycles. The Hall–Kier alpha value is -3.25. The predicted molar refractivity (Wildman–Crippen MR) is 101 cm³/mol. The second kappa shape index (κ2) is 6.81. The van der Waals surface area contributed by atoms with Crippen molar-refractivity contribution < 1.29 is 19.1 Å². The van der Waals surface area contributed by atoms with Gasteiger partial charge < -0.3 is 5.11 Å². The van der Waals surface area contributed by atoms with Gasteiger partial charge in [0.1, 0.15) is 5.82 Å². The van der Waals surface area contributed by atoms with Crippen LogP contribution in [0.3, 0.4) is 0 Å². The zero-order valence-electron chi connectivity index (χ0n) is 14.0. The van der Waals surface area contributed by atoms with Crippen LogP contribution in [0, 0.1) is 5.82 Å². The number of halogens is 1. The third-order valence-corrected chi connectivity index (χ3v) is 5.29. The van der Waals surface area contributed by atoms with Gasteiger partial charge in [0.25, 0.3) is 5.91 Å². The molecule has 0 radical (unpaired) electrons. The molecule has 0 saturated heterocycles. The number of rotatable bonds is 4. The van der Waals surface area contributed by atoms with E-state index < -0.39 is 29.3 Å². The topological polar surface area (TPSA) is 57.6 Å². The van der Waals surface area contributed by atoms with Crippen molar-refractivity contribution in [1.82, 2.24) is 0 Å². The smallest absolute Gasteiger partial charge is 0.294 e. The quantitative estimate of drug-likeness (QED) is 0.670. The number of Topliss-reactive ketones (excluding diaryl/α,β-unsaturated/α-hetero) is 1. The fourth-order valence-electron chi connectivity index (χ4n) is 3.19. The minimum Gasteiger partial charge on any atom is -0.503 e. The monoisotopic (exact) mass is 379 g/mol. The first-order valence-corrected chi connectivity index (χ1v) is 9.11. The largest absolute Gasteiger partial charge is 0.503 e. The summed E-state index contributed by atoms with van der Waals surface area (Å²) in [5.74, 6) is -2.07. The number of anilines is 1. The van der Waals surface area contributed by atoms with Crippen LogP contribution in [0.5, 0.6) is 0 Å². The molecular weight excluding hydrogens is 365 g/mol. The number of nitrogens with zero attached hydrogens (tertiary/aromatic N) is 1. The third-order valence-electron chi connectivity index (χ3n) is 4.42. The molecule has 1 aromatic heterocycles. The maximum absolute atomic E-state index is 13.4. The molecule has 27 heavy (non-hydrogen) atoms. The Labute approximate surface area is 158 Å². The zero-order chi connectivity index (χ0) is 19.0. The summed E-state index contributed by atoms with van der Waals surface area (Å²) < 4.78 is 13.4. The second-order valence-electron chi connectivity index (χ2n) is 6.03. The molecule has 0 fully saturated rings. The van der Waals surface area contributed by atoms with E-state index in [1.165, 1.54) is 40.5 Å². The summed E-state index contributed by atoms with van der Waals surface area (Å²) in [6, 6.07) is 16.9. The Morgan fingerprint density at radius 1 is 1.00 bits per heavy atom. The van der Waals surface area contributed by atoms with Crippen molar-refractivity contribution in [3.63, 3.8) is 0 Å². The van der Waals surface area contributed by atoms with Gasteiger partial charge in [-0.3, -0.25) is 14.5 Å². The van der Waals surface area contributed by atoms with Crippen molar-refractivity contribution in [2.45, 2.75) is 6.04 Å². The number of hydrogen-bond acceptors (Lipinski definition) is 4. The fraction of sp³-hybridized carbons (Fsp3) is 0.0476. The average molecular weight is 379 g/mol. The van der Waals surface area contributed by atoms with Crippen molar-refractivity contribution in [3.8, 4) is 0 Å². The summed E-state index contributed by atoms with van der Waals surface area (Å²) in [6.07, 6.45) is 0. The highest BCUT2D eigenvalue weighted by Crippen LogP contribution is 2.42. The Morgan fingerprint density at radius 2 is 1.70 bits per heavy atom. The lowest BCUT2D eigenvalue weighted by atomic mass is 9.95. The maximum atomic E-state index is 13.4. The highest BCUT2D eigenvalue weighted by atomic mass is 32.1. The van der Waals surface area contributed by atoms with Gasteiger partial charge in [0.15, 0.2) is 5.76 Å². The van der Waals surface area contributed by atoms with E-state index in [1.807, 2.05) is 6.07 Å². The molecule has 1 aliphatic rings. The molecule has 0 bridgehead atoms. The number of para-hydroxylation sites is 1. The molecule has 1 atom stereocenters. The summed E-state index contributed by atoms with van der Waals surface area (Å²) in [5.41, 5.74) is 1.08. The number of ketones is 1. The number of amides is 1. The number of benzene rings is 2. The lowest BCUT2D eigenvalue weighted by Crippen LogP contribution is -2.30. The van der Waals surface area contributed by atoms with Gasteiger partial charge in [0, 0.05) is 5.69 Å². The highest BCUT2D eigenvalue weighted by Gasteiger charge is 2.44. The molecular formula is C21H14FNO3S. The van der Waals surface area contributed by atoms with Crippen LogP contribution < -0.4 is 4.90 Å². The number of aliphatic hydroxyl groups excluding tert-OH is 1. The van der Waals surface area contributed by atoms with Crippen molar-refractivity contribution in [2.24, 2.45) is 0 Å². The molecule has 1 N–H and O–H groups in total. The summed E-state index contributed by atoms with van der Waals surface area (Å²) in [5, 5.41) is 12.3. The van der Waals surface area contributed by atoms with Gasteiger partial charge in [0.2, 0.25) is 5.78 Å². The zero-order valence-corrected chi connectivity index (χ0v) is 14.8. The van der Waals surface area contributed by atoms with E-state index in [4.69, 9.17) is 0 Å². The van der Waals surface area contributed by atoms with Crippen molar-refractivity contribution in [3.05, 3.63) is 99.7 Å². The van der Waals surface area contributed by atoms with Crippen LogP contribution >= 0.6 is 11.3 Å². The van der Waals surface area contributed by atoms with Gasteiger partial charge in [-0.1, -0.05) is 36.4 Å². The molecule has 0 saturated carbocycles. The van der Waals surface area contributed by atoms with Crippen LogP contribution in [0.15, 0.2) is 83.4 Å². The standard InChI is InChI=1S/C21H14FNO3S/c22-14-10-8-13(9-11-14)18-17(19(24)16-7-4-12-27-16)20(25)21(26)23(18)15-5-2-1-3-6-15/h1-12,18,25H/t18-/m1/s1. The molecule has 4 nitrogen and oxygen atoms in total. The Balaban J connectivity index is 1.88. The summed E-state index contributed by atoms with van der Waals surface area (Å²) in [6.45, 7) is 0. The van der Waals surface area contributed by atoms with Crippen LogP contribution in [0.1, 0.15) is 21.3 Å². The van der Waals surface area contributed by atoms with Crippen LogP contribution in [-0.4, -0.2) is 16.8 Å². The lowest BCUT2D eigenvalue weighted by molar-refractivity contribution is -0.117. The first-order chi connectivity index (χ1) is 13.1. The highest BCUT2D eigenvalue weighted by molar-refractivity contribution is 7.12. The molecule has 6 heteroatoms. The average Bonchev–Trinajstić information content (AvgIpc) is 3.31. The minimum absolute atomic E-state index is 0.00193. The Morgan fingerprint density at radius 3 is 2.33 bits per heavy atom. The predicted octanol–water partition coefficient (Wildman–Crippen LogP) is 4.67. The molecule has 134 valence electrons.